The van der Waals surface area contributed by atoms with Crippen molar-refractivity contribution in [1.82, 2.24) is 14.5 Å². The Bertz CT molecular complexity index is 1250. The fraction of sp³-hybridized carbons (Fsp3) is 0.231. The average Bonchev–Trinajstić information content (AvgIpc) is 3.23. The molecule has 0 aliphatic carbocycles. The van der Waals surface area contributed by atoms with Crippen LogP contribution in [0.2, 0.25) is 0 Å². The van der Waals surface area contributed by atoms with Crippen molar-refractivity contribution in [2.45, 2.75) is 11.4 Å². The monoisotopic (exact) mass is 457 g/mol. The number of nitrogens with one attached hydrogen (secondary N) is 1. The predicted octanol–water partition coefficient (Wildman–Crippen LogP) is 5.16. The van der Waals surface area contributed by atoms with Crippen molar-refractivity contribution in [3.8, 4) is 0 Å². The number of nitrogens with zero attached hydrogens (tertiary/aromatic N) is 4. The second kappa shape index (κ2) is 9.58. The molecule has 2 heterocycles. The zero-order valence-electron chi connectivity index (χ0n) is 18.6. The number of hydrogen-bond acceptors (Lipinski definition) is 4. The largest absolute Gasteiger partial charge is 0.339 e. The molecule has 1 aliphatic heterocycles. The van der Waals surface area contributed by atoms with Crippen LogP contribution in [0.3, 0.4) is 0 Å². The van der Waals surface area contributed by atoms with E-state index in [1.54, 1.807) is 11.8 Å². The number of rotatable bonds is 5. The van der Waals surface area contributed by atoms with Gasteiger partial charge in [-0.05, 0) is 42.2 Å². The van der Waals surface area contributed by atoms with E-state index in [0.29, 0.717) is 13.1 Å². The van der Waals surface area contributed by atoms with Crippen LogP contribution >= 0.6 is 11.8 Å². The van der Waals surface area contributed by atoms with Crippen molar-refractivity contribution in [2.24, 2.45) is 0 Å². The maximum absolute atomic E-state index is 12.8. The van der Waals surface area contributed by atoms with E-state index in [0.717, 1.165) is 47.2 Å². The number of benzene rings is 3. The smallest absolute Gasteiger partial charge is 0.321 e. The zero-order valence-corrected chi connectivity index (χ0v) is 19.5. The Morgan fingerprint density at radius 1 is 0.939 bits per heavy atom. The summed E-state index contributed by atoms with van der Waals surface area (Å²) in [7, 11) is 0. The van der Waals surface area contributed by atoms with Crippen LogP contribution in [0.15, 0.2) is 83.8 Å². The number of carbonyl (C=O) groups excluding carboxylic acids is 1. The molecule has 1 fully saturated rings. The Morgan fingerprint density at radius 3 is 2.48 bits per heavy atom. The molecule has 0 spiro atoms. The topological polar surface area (TPSA) is 53.4 Å². The van der Waals surface area contributed by atoms with Crippen molar-refractivity contribution < 1.29 is 4.79 Å². The van der Waals surface area contributed by atoms with Gasteiger partial charge < -0.3 is 19.7 Å². The third-order valence-electron chi connectivity index (χ3n) is 5.99. The highest BCUT2D eigenvalue weighted by atomic mass is 32.2. The second-order valence-corrected chi connectivity index (χ2v) is 8.99. The Kier molecular flexibility index (Phi) is 6.21. The molecule has 6 nitrogen and oxygen atoms in total. The molecule has 168 valence electrons. The highest BCUT2D eigenvalue weighted by molar-refractivity contribution is 7.98. The Balaban J connectivity index is 1.31. The Morgan fingerprint density at radius 2 is 1.70 bits per heavy atom. The molecule has 0 saturated carbocycles. The van der Waals surface area contributed by atoms with E-state index in [-0.39, 0.29) is 6.03 Å². The molecule has 7 heteroatoms. The quantitative estimate of drug-likeness (QED) is 0.421. The van der Waals surface area contributed by atoms with Gasteiger partial charge in [0.05, 0.1) is 17.6 Å². The van der Waals surface area contributed by atoms with E-state index in [1.807, 2.05) is 47.6 Å². The van der Waals surface area contributed by atoms with Gasteiger partial charge in [-0.15, -0.1) is 11.8 Å². The lowest BCUT2D eigenvalue weighted by Crippen LogP contribution is -2.50. The van der Waals surface area contributed by atoms with Gasteiger partial charge in [-0.3, -0.25) is 0 Å². The minimum Gasteiger partial charge on any atom is -0.339 e. The summed E-state index contributed by atoms with van der Waals surface area (Å²) in [6.07, 6.45) is 2.03. The molecule has 5 rings (SSSR count). The first-order valence-electron chi connectivity index (χ1n) is 11.2. The summed E-state index contributed by atoms with van der Waals surface area (Å²) < 4.78 is 2.29. The van der Waals surface area contributed by atoms with Crippen LogP contribution < -0.4 is 10.2 Å². The zero-order chi connectivity index (χ0) is 22.6. The number of hydrogen-bond donors (Lipinski definition) is 1. The lowest BCUT2D eigenvalue weighted by atomic mass is 10.2. The van der Waals surface area contributed by atoms with Gasteiger partial charge >= 0.3 is 6.03 Å². The van der Waals surface area contributed by atoms with Crippen LogP contribution in [0.1, 0.15) is 5.56 Å². The summed E-state index contributed by atoms with van der Waals surface area (Å²) in [5.74, 6) is 0.966. The predicted molar refractivity (Wildman–Crippen MR) is 136 cm³/mol. The number of amides is 2. The van der Waals surface area contributed by atoms with Gasteiger partial charge in [0.25, 0.3) is 0 Å². The van der Waals surface area contributed by atoms with E-state index in [4.69, 9.17) is 4.98 Å². The highest BCUT2D eigenvalue weighted by Crippen LogP contribution is 2.25. The van der Waals surface area contributed by atoms with Crippen LogP contribution in [0.4, 0.5) is 16.4 Å². The molecule has 1 N–H and O–H groups in total. The number of thioether (sulfide) groups is 1. The molecule has 0 bridgehead atoms. The molecule has 0 radical (unpaired) electrons. The van der Waals surface area contributed by atoms with Crippen LogP contribution in [-0.4, -0.2) is 52.9 Å². The molecule has 0 unspecified atom stereocenters. The third-order valence-corrected chi connectivity index (χ3v) is 6.71. The first-order chi connectivity index (χ1) is 16.2. The van der Waals surface area contributed by atoms with Gasteiger partial charge in [-0.2, -0.15) is 0 Å². The van der Waals surface area contributed by atoms with E-state index in [9.17, 15) is 4.79 Å². The lowest BCUT2D eigenvalue weighted by Gasteiger charge is -2.35. The van der Waals surface area contributed by atoms with Gasteiger partial charge in [0.2, 0.25) is 5.95 Å². The first-order valence-corrected chi connectivity index (χ1v) is 12.4. The van der Waals surface area contributed by atoms with Crippen molar-refractivity contribution >= 4 is 40.5 Å². The Hall–Kier alpha value is -3.45. The Labute approximate surface area is 198 Å². The molecule has 33 heavy (non-hydrogen) atoms. The number of aromatic nitrogens is 2. The summed E-state index contributed by atoms with van der Waals surface area (Å²) in [5, 5.41) is 3.04. The summed E-state index contributed by atoms with van der Waals surface area (Å²) in [4.78, 5) is 23.1. The molecule has 2 amide bonds. The number of fused-ring (bicyclic) bond motifs is 1. The summed E-state index contributed by atoms with van der Waals surface area (Å²) in [6, 6.07) is 26.6. The van der Waals surface area contributed by atoms with E-state index in [1.165, 1.54) is 5.56 Å². The fourth-order valence-electron chi connectivity index (χ4n) is 4.24. The second-order valence-electron chi connectivity index (χ2n) is 8.11. The molecule has 3 aromatic carbocycles. The minimum absolute atomic E-state index is 0.0503. The summed E-state index contributed by atoms with van der Waals surface area (Å²) >= 11 is 1.67. The van der Waals surface area contributed by atoms with Crippen LogP contribution in [-0.2, 0) is 6.54 Å². The highest BCUT2D eigenvalue weighted by Gasteiger charge is 2.25. The van der Waals surface area contributed by atoms with Gasteiger partial charge in [-0.1, -0.05) is 48.5 Å². The van der Waals surface area contributed by atoms with Gasteiger partial charge in [0.1, 0.15) is 0 Å². The van der Waals surface area contributed by atoms with Crippen molar-refractivity contribution in [1.29, 1.82) is 0 Å². The lowest BCUT2D eigenvalue weighted by molar-refractivity contribution is 0.208. The molecule has 0 atom stereocenters. The number of carbonyl (C=O) groups is 1. The van der Waals surface area contributed by atoms with Crippen LogP contribution in [0, 0.1) is 0 Å². The number of imidazole rings is 1. The SMILES string of the molecule is CSc1cccc(NC(=O)N2CCN(c3nc4ccccc4n3Cc3ccccc3)CC2)c1. The molecular weight excluding hydrogens is 430 g/mol. The number of anilines is 2. The van der Waals surface area contributed by atoms with Crippen LogP contribution in [0.5, 0.6) is 0 Å². The molecule has 1 aliphatic rings. The van der Waals surface area contributed by atoms with Gasteiger partial charge in [0, 0.05) is 36.8 Å². The minimum atomic E-state index is -0.0503. The van der Waals surface area contributed by atoms with Crippen molar-refractivity contribution in [2.75, 3.05) is 42.7 Å². The molecule has 1 aromatic heterocycles. The fourth-order valence-corrected chi connectivity index (χ4v) is 4.70. The van der Waals surface area contributed by atoms with Gasteiger partial charge in [0.15, 0.2) is 0 Å². The molecular formula is C26H27N5OS. The maximum atomic E-state index is 12.8. The van der Waals surface area contributed by atoms with Gasteiger partial charge in [-0.25, -0.2) is 9.78 Å². The standard InChI is InChI=1S/C26H27N5OS/c1-33-22-11-7-10-21(18-22)27-26(32)30-16-14-29(15-17-30)25-28-23-12-5-6-13-24(23)31(25)19-20-8-3-2-4-9-20/h2-13,18H,14-17,19H2,1H3,(H,27,32). The molecule has 4 aromatic rings. The first kappa shape index (κ1) is 21.4. The van der Waals surface area contributed by atoms with E-state index >= 15 is 0 Å². The van der Waals surface area contributed by atoms with E-state index in [2.05, 4.69) is 57.2 Å². The maximum Gasteiger partial charge on any atom is 0.321 e. The third kappa shape index (κ3) is 4.68. The van der Waals surface area contributed by atoms with Crippen LogP contribution in [0.25, 0.3) is 11.0 Å². The van der Waals surface area contributed by atoms with Crippen molar-refractivity contribution in [3.05, 3.63) is 84.4 Å². The molecule has 1 saturated heterocycles. The van der Waals surface area contributed by atoms with E-state index < -0.39 is 0 Å². The summed E-state index contributed by atoms with van der Waals surface area (Å²) in [6.45, 7) is 3.57. The number of para-hydroxylation sites is 2. The van der Waals surface area contributed by atoms with Crippen molar-refractivity contribution in [3.63, 3.8) is 0 Å². The number of urea groups is 1. The summed E-state index contributed by atoms with van der Waals surface area (Å²) in [5.41, 5.74) is 4.20. The normalized spacial score (nSPS) is 14.0. The number of piperazine rings is 1. The average molecular weight is 458 g/mol.